The van der Waals surface area contributed by atoms with Gasteiger partial charge in [-0.15, -0.1) is 0 Å². The Morgan fingerprint density at radius 2 is 1.64 bits per heavy atom. The number of carboxylic acids is 2. The molecule has 0 aromatic carbocycles. The van der Waals surface area contributed by atoms with Crippen molar-refractivity contribution in [3.63, 3.8) is 0 Å². The Balaban J connectivity index is 4.21. The second-order valence-corrected chi connectivity index (χ2v) is 2.98. The van der Waals surface area contributed by atoms with Crippen LogP contribution in [0.5, 0.6) is 0 Å². The second-order valence-electron chi connectivity index (χ2n) is 2.98. The first kappa shape index (κ1) is 12.9. The van der Waals surface area contributed by atoms with Crippen LogP contribution in [0.3, 0.4) is 0 Å². The van der Waals surface area contributed by atoms with Crippen molar-refractivity contribution in [2.75, 3.05) is 13.7 Å². The summed E-state index contributed by atoms with van der Waals surface area (Å²) in [5.41, 5.74) is 0. The molecule has 82 valence electrons. The van der Waals surface area contributed by atoms with Crippen molar-refractivity contribution in [2.45, 2.75) is 18.9 Å². The molecule has 0 bridgehead atoms. The minimum atomic E-state index is -1.13. The zero-order valence-corrected chi connectivity index (χ0v) is 7.84. The Hall–Kier alpha value is -1.14. The van der Waals surface area contributed by atoms with Crippen molar-refractivity contribution in [3.8, 4) is 0 Å². The maximum absolute atomic E-state index is 10.4. The van der Waals surface area contributed by atoms with E-state index in [1.165, 1.54) is 7.11 Å². The maximum atomic E-state index is 10.4. The van der Waals surface area contributed by atoms with Crippen molar-refractivity contribution in [1.82, 2.24) is 0 Å². The molecule has 0 rings (SSSR count). The molecule has 3 N–H and O–H groups in total. The molecule has 0 aliphatic heterocycles. The Morgan fingerprint density at radius 3 is 1.93 bits per heavy atom. The molecule has 1 unspecified atom stereocenters. The third-order valence-electron chi connectivity index (χ3n) is 1.76. The molecule has 0 radical (unpaired) electrons. The Bertz CT molecular complexity index is 186. The van der Waals surface area contributed by atoms with Crippen molar-refractivity contribution < 1.29 is 29.6 Å². The van der Waals surface area contributed by atoms with E-state index < -0.39 is 24.0 Å². The number of carbonyl (C=O) groups is 2. The molecule has 1 atom stereocenters. The predicted octanol–water partition coefficient (Wildman–Crippen LogP) is -0.441. The van der Waals surface area contributed by atoms with Crippen LogP contribution in [0.15, 0.2) is 0 Å². The minimum absolute atomic E-state index is 0.0643. The number of aliphatic hydroxyl groups is 1. The first-order valence-electron chi connectivity index (χ1n) is 4.08. The Labute approximate surface area is 81.1 Å². The SMILES string of the molecule is COCC(O)C(CC(=O)O)CC(=O)O. The molecule has 0 fully saturated rings. The molecule has 0 saturated carbocycles. The van der Waals surface area contributed by atoms with Crippen LogP contribution >= 0.6 is 0 Å². The van der Waals surface area contributed by atoms with Gasteiger partial charge in [0.2, 0.25) is 0 Å². The van der Waals surface area contributed by atoms with Crippen LogP contribution in [-0.2, 0) is 14.3 Å². The minimum Gasteiger partial charge on any atom is -0.481 e. The lowest BCUT2D eigenvalue weighted by molar-refractivity contribution is -0.143. The number of rotatable bonds is 7. The quantitative estimate of drug-likeness (QED) is 0.521. The van der Waals surface area contributed by atoms with Gasteiger partial charge in [-0.3, -0.25) is 9.59 Å². The molecule has 0 spiro atoms. The first-order chi connectivity index (χ1) is 6.47. The Morgan fingerprint density at radius 1 is 1.21 bits per heavy atom. The monoisotopic (exact) mass is 206 g/mol. The van der Waals surface area contributed by atoms with E-state index in [0.717, 1.165) is 0 Å². The lowest BCUT2D eigenvalue weighted by Crippen LogP contribution is -2.29. The van der Waals surface area contributed by atoms with E-state index in [9.17, 15) is 14.7 Å². The lowest BCUT2D eigenvalue weighted by Gasteiger charge is -2.18. The van der Waals surface area contributed by atoms with E-state index in [4.69, 9.17) is 10.2 Å². The van der Waals surface area contributed by atoms with E-state index in [1.807, 2.05) is 0 Å². The number of carboxylic acid groups (broad SMARTS) is 2. The average molecular weight is 206 g/mol. The lowest BCUT2D eigenvalue weighted by atomic mass is 9.95. The molecule has 14 heavy (non-hydrogen) atoms. The fraction of sp³-hybridized carbons (Fsp3) is 0.750. The van der Waals surface area contributed by atoms with Crippen LogP contribution in [0, 0.1) is 5.92 Å². The smallest absolute Gasteiger partial charge is 0.303 e. The van der Waals surface area contributed by atoms with Crippen LogP contribution < -0.4 is 0 Å². The molecular weight excluding hydrogens is 192 g/mol. The average Bonchev–Trinajstić information content (AvgIpc) is 2.01. The first-order valence-corrected chi connectivity index (χ1v) is 4.08. The maximum Gasteiger partial charge on any atom is 0.303 e. The van der Waals surface area contributed by atoms with E-state index >= 15 is 0 Å². The third kappa shape index (κ3) is 5.50. The zero-order chi connectivity index (χ0) is 11.1. The van der Waals surface area contributed by atoms with Gasteiger partial charge in [-0.05, 0) is 0 Å². The summed E-state index contributed by atoms with van der Waals surface area (Å²) in [6.07, 6.45) is -1.82. The number of hydrogen-bond acceptors (Lipinski definition) is 4. The number of methoxy groups -OCH3 is 1. The summed E-state index contributed by atoms with van der Waals surface area (Å²) < 4.78 is 4.61. The molecule has 0 heterocycles. The van der Waals surface area contributed by atoms with Crippen molar-refractivity contribution in [3.05, 3.63) is 0 Å². The molecule has 0 aliphatic carbocycles. The summed E-state index contributed by atoms with van der Waals surface area (Å²) in [4.78, 5) is 20.7. The van der Waals surface area contributed by atoms with Crippen molar-refractivity contribution >= 4 is 11.9 Å². The van der Waals surface area contributed by atoms with Crippen LogP contribution in [-0.4, -0.2) is 47.1 Å². The summed E-state index contributed by atoms with van der Waals surface area (Å²) in [5.74, 6) is -3.08. The van der Waals surface area contributed by atoms with Gasteiger partial charge >= 0.3 is 11.9 Å². The van der Waals surface area contributed by atoms with Gasteiger partial charge < -0.3 is 20.1 Å². The number of ether oxygens (including phenoxy) is 1. The van der Waals surface area contributed by atoms with Gasteiger partial charge in [-0.2, -0.15) is 0 Å². The summed E-state index contributed by atoms with van der Waals surface area (Å²) in [6.45, 7) is -0.0643. The highest BCUT2D eigenvalue weighted by Gasteiger charge is 2.24. The van der Waals surface area contributed by atoms with Crippen LogP contribution in [0.25, 0.3) is 0 Å². The van der Waals surface area contributed by atoms with Crippen LogP contribution in [0.4, 0.5) is 0 Å². The second kappa shape index (κ2) is 6.33. The third-order valence-corrected chi connectivity index (χ3v) is 1.76. The topological polar surface area (TPSA) is 104 Å². The molecule has 6 nitrogen and oxygen atoms in total. The van der Waals surface area contributed by atoms with Crippen molar-refractivity contribution in [1.29, 1.82) is 0 Å². The highest BCUT2D eigenvalue weighted by molar-refractivity contribution is 5.70. The molecule has 6 heteroatoms. The largest absolute Gasteiger partial charge is 0.481 e. The van der Waals surface area contributed by atoms with E-state index in [0.29, 0.717) is 0 Å². The normalized spacial score (nSPS) is 12.8. The highest BCUT2D eigenvalue weighted by atomic mass is 16.5. The number of hydrogen-bond donors (Lipinski definition) is 3. The molecule has 0 aliphatic rings. The van der Waals surface area contributed by atoms with Gasteiger partial charge in [0.1, 0.15) is 0 Å². The van der Waals surface area contributed by atoms with E-state index in [2.05, 4.69) is 4.74 Å². The van der Waals surface area contributed by atoms with Gasteiger partial charge in [0.15, 0.2) is 0 Å². The van der Waals surface area contributed by atoms with E-state index in [1.54, 1.807) is 0 Å². The number of aliphatic carboxylic acids is 2. The summed E-state index contributed by atoms with van der Waals surface area (Å²) in [7, 11) is 1.35. The Kier molecular flexibility index (Phi) is 5.82. The molecule has 0 amide bonds. The van der Waals surface area contributed by atoms with Gasteiger partial charge in [0.05, 0.1) is 25.6 Å². The van der Waals surface area contributed by atoms with Gasteiger partial charge in [-0.25, -0.2) is 0 Å². The molecule has 0 aromatic heterocycles. The predicted molar refractivity (Wildman–Crippen MR) is 45.9 cm³/mol. The van der Waals surface area contributed by atoms with Gasteiger partial charge in [0, 0.05) is 13.0 Å². The van der Waals surface area contributed by atoms with Gasteiger partial charge in [0.25, 0.3) is 0 Å². The summed E-state index contributed by atoms with van der Waals surface area (Å²) >= 11 is 0. The number of aliphatic hydroxyl groups excluding tert-OH is 1. The summed E-state index contributed by atoms with van der Waals surface area (Å²) in [5, 5.41) is 26.3. The van der Waals surface area contributed by atoms with Crippen LogP contribution in [0.2, 0.25) is 0 Å². The molecule has 0 aromatic rings. The highest BCUT2D eigenvalue weighted by Crippen LogP contribution is 2.14. The fourth-order valence-corrected chi connectivity index (χ4v) is 1.10. The standard InChI is InChI=1S/C8H14O6/c1-14-4-6(9)5(2-7(10)11)3-8(12)13/h5-6,9H,2-4H2,1H3,(H,10,11)(H,12,13). The molecular formula is C8H14O6. The fourth-order valence-electron chi connectivity index (χ4n) is 1.10. The van der Waals surface area contributed by atoms with E-state index in [-0.39, 0.29) is 19.4 Å². The summed E-state index contributed by atoms with van der Waals surface area (Å²) in [6, 6.07) is 0. The van der Waals surface area contributed by atoms with Gasteiger partial charge in [-0.1, -0.05) is 0 Å². The van der Waals surface area contributed by atoms with Crippen LogP contribution in [0.1, 0.15) is 12.8 Å². The molecule has 0 saturated heterocycles. The zero-order valence-electron chi connectivity index (χ0n) is 7.84. The van der Waals surface area contributed by atoms with Crippen molar-refractivity contribution in [2.24, 2.45) is 5.92 Å².